The van der Waals surface area contributed by atoms with Crippen molar-refractivity contribution in [2.45, 2.75) is 26.2 Å². The third kappa shape index (κ3) is 4.70. The van der Waals surface area contributed by atoms with Crippen molar-refractivity contribution in [1.82, 2.24) is 10.2 Å². The van der Waals surface area contributed by atoms with Gasteiger partial charge in [0, 0.05) is 22.6 Å². The molecule has 1 aromatic carbocycles. The monoisotopic (exact) mass is 372 g/mol. The minimum atomic E-state index is 0.0889. The summed E-state index contributed by atoms with van der Waals surface area (Å²) in [6.07, 6.45) is 3.36. The van der Waals surface area contributed by atoms with Crippen LogP contribution in [0.3, 0.4) is 0 Å². The van der Waals surface area contributed by atoms with E-state index >= 15 is 0 Å². The fourth-order valence-electron chi connectivity index (χ4n) is 2.77. The van der Waals surface area contributed by atoms with Crippen LogP contribution in [-0.4, -0.2) is 37.0 Å². The molecule has 1 saturated heterocycles. The first kappa shape index (κ1) is 16.8. The molecule has 2 rings (SSSR count). The van der Waals surface area contributed by atoms with Crippen molar-refractivity contribution in [3.05, 3.63) is 33.3 Å². The highest BCUT2D eigenvalue weighted by Crippen LogP contribution is 2.24. The van der Waals surface area contributed by atoms with Crippen molar-refractivity contribution in [1.29, 1.82) is 0 Å². The fraction of sp³-hybridized carbons (Fsp3) is 0.562. The lowest BCUT2D eigenvalue weighted by atomic mass is 9.98. The molecular formula is C16H22BrClN2O. The number of nitrogens with one attached hydrogen (secondary N) is 1. The molecule has 0 radical (unpaired) electrons. The van der Waals surface area contributed by atoms with E-state index in [2.05, 4.69) is 28.2 Å². The van der Waals surface area contributed by atoms with Gasteiger partial charge in [0.25, 0.3) is 5.91 Å². The smallest absolute Gasteiger partial charge is 0.255 e. The summed E-state index contributed by atoms with van der Waals surface area (Å²) in [6, 6.07) is 5.35. The molecule has 3 nitrogen and oxygen atoms in total. The molecule has 0 spiro atoms. The Morgan fingerprint density at radius 3 is 2.95 bits per heavy atom. The summed E-state index contributed by atoms with van der Waals surface area (Å²) in [4.78, 5) is 14.8. The van der Waals surface area contributed by atoms with Crippen LogP contribution in [0.1, 0.15) is 36.5 Å². The van der Waals surface area contributed by atoms with Gasteiger partial charge in [0.1, 0.15) is 0 Å². The zero-order valence-corrected chi connectivity index (χ0v) is 14.7. The molecule has 1 heterocycles. The summed E-state index contributed by atoms with van der Waals surface area (Å²) >= 11 is 9.40. The second kappa shape index (κ2) is 8.16. The van der Waals surface area contributed by atoms with E-state index in [4.69, 9.17) is 11.6 Å². The van der Waals surface area contributed by atoms with E-state index in [0.29, 0.717) is 16.5 Å². The number of hydrogen-bond acceptors (Lipinski definition) is 2. The van der Waals surface area contributed by atoms with E-state index in [0.717, 1.165) is 37.1 Å². The van der Waals surface area contributed by atoms with Gasteiger partial charge in [-0.2, -0.15) is 0 Å². The number of amides is 1. The molecule has 5 heteroatoms. The molecule has 21 heavy (non-hydrogen) atoms. The topological polar surface area (TPSA) is 32.3 Å². The van der Waals surface area contributed by atoms with E-state index in [9.17, 15) is 4.79 Å². The van der Waals surface area contributed by atoms with E-state index in [-0.39, 0.29) is 5.91 Å². The Bertz CT molecular complexity index is 489. The zero-order valence-electron chi connectivity index (χ0n) is 12.4. The third-order valence-corrected chi connectivity index (χ3v) is 4.71. The van der Waals surface area contributed by atoms with Gasteiger partial charge in [0.15, 0.2) is 0 Å². The highest BCUT2D eigenvalue weighted by Gasteiger charge is 2.22. The molecular weight excluding hydrogens is 352 g/mol. The number of hydrogen-bond donors (Lipinski definition) is 1. The highest BCUT2D eigenvalue weighted by atomic mass is 79.9. The quantitative estimate of drug-likeness (QED) is 0.847. The average Bonchev–Trinajstić information content (AvgIpc) is 2.47. The molecule has 1 amide bonds. The van der Waals surface area contributed by atoms with Crippen LogP contribution in [0.5, 0.6) is 0 Å². The first-order valence-corrected chi connectivity index (χ1v) is 8.74. The maximum Gasteiger partial charge on any atom is 0.255 e. The maximum atomic E-state index is 12.8. The van der Waals surface area contributed by atoms with Crippen LogP contribution in [0, 0.1) is 5.92 Å². The standard InChI is InChI=1S/C16H22BrClN2O/c1-2-8-20(11-12-4-3-7-19-10-12)16(21)14-6-5-13(18)9-15(14)17/h5-6,9,12,19H,2-4,7-8,10-11H2,1H3. The lowest BCUT2D eigenvalue weighted by Crippen LogP contribution is -2.41. The van der Waals surface area contributed by atoms with Gasteiger partial charge in [-0.15, -0.1) is 0 Å². The Morgan fingerprint density at radius 1 is 1.52 bits per heavy atom. The van der Waals surface area contributed by atoms with Crippen LogP contribution < -0.4 is 5.32 Å². The normalized spacial score (nSPS) is 18.5. The van der Waals surface area contributed by atoms with Gasteiger partial charge in [-0.25, -0.2) is 0 Å². The van der Waals surface area contributed by atoms with Crippen LogP contribution in [0.4, 0.5) is 0 Å². The van der Waals surface area contributed by atoms with Crippen LogP contribution in [0.2, 0.25) is 5.02 Å². The van der Waals surface area contributed by atoms with E-state index in [1.807, 2.05) is 4.90 Å². The SMILES string of the molecule is CCCN(CC1CCCNC1)C(=O)c1ccc(Cl)cc1Br. The van der Waals surface area contributed by atoms with Gasteiger partial charge >= 0.3 is 0 Å². The Labute approximate surface area is 140 Å². The lowest BCUT2D eigenvalue weighted by molar-refractivity contribution is 0.0718. The minimum Gasteiger partial charge on any atom is -0.338 e. The Morgan fingerprint density at radius 2 is 2.33 bits per heavy atom. The summed E-state index contributed by atoms with van der Waals surface area (Å²) in [5, 5.41) is 4.05. The summed E-state index contributed by atoms with van der Waals surface area (Å²) < 4.78 is 0.767. The molecule has 0 saturated carbocycles. The Balaban J connectivity index is 2.10. The van der Waals surface area contributed by atoms with Gasteiger partial charge in [-0.3, -0.25) is 4.79 Å². The fourth-order valence-corrected chi connectivity index (χ4v) is 3.62. The summed E-state index contributed by atoms with van der Waals surface area (Å²) in [6.45, 7) is 5.84. The molecule has 116 valence electrons. The molecule has 0 bridgehead atoms. The molecule has 1 aromatic rings. The van der Waals surface area contributed by atoms with Gasteiger partial charge < -0.3 is 10.2 Å². The van der Waals surface area contributed by atoms with Crippen LogP contribution in [-0.2, 0) is 0 Å². The predicted molar refractivity (Wildman–Crippen MR) is 90.9 cm³/mol. The van der Waals surface area contributed by atoms with Crippen molar-refractivity contribution >= 4 is 33.4 Å². The molecule has 1 atom stereocenters. The average molecular weight is 374 g/mol. The first-order valence-electron chi connectivity index (χ1n) is 7.57. The zero-order chi connectivity index (χ0) is 15.2. The summed E-state index contributed by atoms with van der Waals surface area (Å²) in [7, 11) is 0. The third-order valence-electron chi connectivity index (χ3n) is 3.82. The summed E-state index contributed by atoms with van der Waals surface area (Å²) in [5.41, 5.74) is 0.691. The maximum absolute atomic E-state index is 12.8. The second-order valence-electron chi connectivity index (χ2n) is 5.59. The van der Waals surface area contributed by atoms with E-state index in [1.54, 1.807) is 18.2 Å². The van der Waals surface area contributed by atoms with Gasteiger partial charge in [0.05, 0.1) is 5.56 Å². The molecule has 0 aliphatic carbocycles. The molecule has 0 aromatic heterocycles. The Hall–Kier alpha value is -0.580. The number of carbonyl (C=O) groups is 1. The minimum absolute atomic E-state index is 0.0889. The second-order valence-corrected chi connectivity index (χ2v) is 6.88. The van der Waals surface area contributed by atoms with Crippen molar-refractivity contribution < 1.29 is 4.79 Å². The van der Waals surface area contributed by atoms with Crippen molar-refractivity contribution in [2.75, 3.05) is 26.2 Å². The molecule has 1 unspecified atom stereocenters. The van der Waals surface area contributed by atoms with Gasteiger partial charge in [-0.1, -0.05) is 18.5 Å². The van der Waals surface area contributed by atoms with Crippen LogP contribution >= 0.6 is 27.5 Å². The highest BCUT2D eigenvalue weighted by molar-refractivity contribution is 9.10. The Kier molecular flexibility index (Phi) is 6.52. The molecule has 1 aliphatic rings. The van der Waals surface area contributed by atoms with Crippen molar-refractivity contribution in [2.24, 2.45) is 5.92 Å². The van der Waals surface area contributed by atoms with E-state index < -0.39 is 0 Å². The number of benzene rings is 1. The van der Waals surface area contributed by atoms with Gasteiger partial charge in [-0.05, 0) is 72.4 Å². The van der Waals surface area contributed by atoms with Crippen molar-refractivity contribution in [3.8, 4) is 0 Å². The van der Waals surface area contributed by atoms with Gasteiger partial charge in [0.2, 0.25) is 0 Å². The summed E-state index contributed by atoms with van der Waals surface area (Å²) in [5.74, 6) is 0.645. The van der Waals surface area contributed by atoms with E-state index in [1.165, 1.54) is 12.8 Å². The van der Waals surface area contributed by atoms with Crippen LogP contribution in [0.15, 0.2) is 22.7 Å². The number of piperidine rings is 1. The molecule has 1 N–H and O–H groups in total. The molecule has 1 fully saturated rings. The van der Waals surface area contributed by atoms with Crippen LogP contribution in [0.25, 0.3) is 0 Å². The lowest BCUT2D eigenvalue weighted by Gasteiger charge is -2.30. The predicted octanol–water partition coefficient (Wildman–Crippen LogP) is 3.95. The molecule has 1 aliphatic heterocycles. The van der Waals surface area contributed by atoms with Crippen molar-refractivity contribution in [3.63, 3.8) is 0 Å². The largest absolute Gasteiger partial charge is 0.338 e. The number of carbonyl (C=O) groups excluding carboxylic acids is 1. The number of halogens is 2. The number of nitrogens with zero attached hydrogens (tertiary/aromatic N) is 1. The number of rotatable bonds is 5. The first-order chi connectivity index (χ1) is 10.1.